The van der Waals surface area contributed by atoms with Gasteiger partial charge in [-0.3, -0.25) is 14.5 Å². The molecule has 154 valence electrons. The Balaban J connectivity index is 1.37. The van der Waals surface area contributed by atoms with Crippen molar-refractivity contribution in [1.82, 2.24) is 15.1 Å². The zero-order chi connectivity index (χ0) is 20.6. The lowest BCUT2D eigenvalue weighted by Crippen LogP contribution is -2.52. The van der Waals surface area contributed by atoms with Crippen LogP contribution in [0, 0.1) is 5.82 Å². The average molecular weight is 398 g/mol. The molecule has 0 aliphatic carbocycles. The fourth-order valence-electron chi connectivity index (χ4n) is 3.30. The predicted molar refractivity (Wildman–Crippen MR) is 111 cm³/mol. The van der Waals surface area contributed by atoms with Crippen LogP contribution < -0.4 is 10.6 Å². The highest BCUT2D eigenvalue weighted by atomic mass is 19.1. The first-order valence-corrected chi connectivity index (χ1v) is 9.85. The first kappa shape index (κ1) is 21.0. The van der Waals surface area contributed by atoms with E-state index in [0.717, 1.165) is 5.56 Å². The molecule has 2 aromatic carbocycles. The van der Waals surface area contributed by atoms with E-state index in [2.05, 4.69) is 10.6 Å². The molecule has 1 heterocycles. The number of carbonyl (C=O) groups is 2. The fourth-order valence-corrected chi connectivity index (χ4v) is 3.30. The summed E-state index contributed by atoms with van der Waals surface area (Å²) >= 11 is 0. The molecule has 0 saturated carbocycles. The Labute approximate surface area is 170 Å². The van der Waals surface area contributed by atoms with Crippen LogP contribution in [-0.2, 0) is 9.59 Å². The van der Waals surface area contributed by atoms with E-state index < -0.39 is 0 Å². The van der Waals surface area contributed by atoms with Crippen LogP contribution in [0.1, 0.15) is 18.5 Å². The van der Waals surface area contributed by atoms with E-state index in [0.29, 0.717) is 38.4 Å². The van der Waals surface area contributed by atoms with Gasteiger partial charge in [-0.15, -0.1) is 0 Å². The van der Waals surface area contributed by atoms with E-state index >= 15 is 0 Å². The van der Waals surface area contributed by atoms with Gasteiger partial charge in [-0.1, -0.05) is 30.3 Å². The van der Waals surface area contributed by atoms with E-state index in [4.69, 9.17) is 0 Å². The van der Waals surface area contributed by atoms with Gasteiger partial charge in [0.15, 0.2) is 0 Å². The van der Waals surface area contributed by atoms with Crippen LogP contribution in [0.15, 0.2) is 54.6 Å². The molecule has 1 saturated heterocycles. The highest BCUT2D eigenvalue weighted by molar-refractivity contribution is 5.92. The predicted octanol–water partition coefficient (Wildman–Crippen LogP) is 2.26. The number of benzene rings is 2. The summed E-state index contributed by atoms with van der Waals surface area (Å²) in [5.74, 6) is -0.408. The van der Waals surface area contributed by atoms with Crippen LogP contribution in [-0.4, -0.2) is 60.9 Å². The summed E-state index contributed by atoms with van der Waals surface area (Å²) in [6.07, 6.45) is 0. The average Bonchev–Trinajstić information content (AvgIpc) is 2.74. The zero-order valence-electron chi connectivity index (χ0n) is 16.6. The highest BCUT2D eigenvalue weighted by Gasteiger charge is 2.22. The Morgan fingerprint density at radius 2 is 1.66 bits per heavy atom. The fraction of sp³-hybridized carbons (Fsp3) is 0.364. The molecule has 0 bridgehead atoms. The number of nitrogens with one attached hydrogen (secondary N) is 2. The number of carbonyl (C=O) groups excluding carboxylic acids is 2. The molecular weight excluding hydrogens is 371 g/mol. The van der Waals surface area contributed by atoms with Gasteiger partial charge in [-0.2, -0.15) is 0 Å². The second-order valence-corrected chi connectivity index (χ2v) is 7.23. The number of piperazine rings is 1. The van der Waals surface area contributed by atoms with Gasteiger partial charge >= 0.3 is 0 Å². The van der Waals surface area contributed by atoms with E-state index in [1.54, 1.807) is 0 Å². The van der Waals surface area contributed by atoms with Crippen molar-refractivity contribution in [2.75, 3.05) is 44.6 Å². The van der Waals surface area contributed by atoms with Crippen LogP contribution in [0.2, 0.25) is 0 Å². The van der Waals surface area contributed by atoms with Gasteiger partial charge in [0, 0.05) is 37.9 Å². The largest absolute Gasteiger partial charge is 0.339 e. The number of halogens is 1. The summed E-state index contributed by atoms with van der Waals surface area (Å²) < 4.78 is 12.9. The Hall–Kier alpha value is -2.77. The van der Waals surface area contributed by atoms with Crippen LogP contribution in [0.4, 0.5) is 10.1 Å². The smallest absolute Gasteiger partial charge is 0.238 e. The lowest BCUT2D eigenvalue weighted by molar-refractivity contribution is -0.132. The molecule has 2 amide bonds. The molecule has 1 fully saturated rings. The topological polar surface area (TPSA) is 64.7 Å². The van der Waals surface area contributed by atoms with Gasteiger partial charge in [0.05, 0.1) is 13.1 Å². The third-order valence-corrected chi connectivity index (χ3v) is 5.08. The van der Waals surface area contributed by atoms with Gasteiger partial charge < -0.3 is 15.5 Å². The molecular formula is C22H27FN4O2. The standard InChI is InChI=1S/C22H27FN4O2/c1-17(18-5-3-2-4-6-18)24-15-22(29)27-13-11-26(12-14-27)16-21(28)25-20-9-7-19(23)8-10-20/h2-10,17,24H,11-16H2,1H3,(H,25,28)/t17-/m0/s1. The van der Waals surface area contributed by atoms with Crippen molar-refractivity contribution in [2.45, 2.75) is 13.0 Å². The van der Waals surface area contributed by atoms with Crippen LogP contribution in [0.25, 0.3) is 0 Å². The first-order valence-electron chi connectivity index (χ1n) is 9.85. The van der Waals surface area contributed by atoms with E-state index in [1.165, 1.54) is 24.3 Å². The Bertz CT molecular complexity index is 805. The van der Waals surface area contributed by atoms with Crippen molar-refractivity contribution in [3.63, 3.8) is 0 Å². The van der Waals surface area contributed by atoms with Crippen molar-refractivity contribution < 1.29 is 14.0 Å². The molecule has 1 aliphatic heterocycles. The van der Waals surface area contributed by atoms with Crippen molar-refractivity contribution >= 4 is 17.5 Å². The van der Waals surface area contributed by atoms with E-state index in [1.807, 2.05) is 47.1 Å². The van der Waals surface area contributed by atoms with E-state index in [-0.39, 0.29) is 30.2 Å². The molecule has 3 rings (SSSR count). The third kappa shape index (κ3) is 6.37. The van der Waals surface area contributed by atoms with Crippen molar-refractivity contribution in [3.05, 3.63) is 66.0 Å². The lowest BCUT2D eigenvalue weighted by atomic mass is 10.1. The molecule has 1 atom stereocenters. The highest BCUT2D eigenvalue weighted by Crippen LogP contribution is 2.11. The number of nitrogens with zero attached hydrogens (tertiary/aromatic N) is 2. The maximum absolute atomic E-state index is 12.9. The Morgan fingerprint density at radius 1 is 1.00 bits per heavy atom. The quantitative estimate of drug-likeness (QED) is 0.751. The van der Waals surface area contributed by atoms with Gasteiger partial charge in [0.1, 0.15) is 5.82 Å². The van der Waals surface area contributed by atoms with E-state index in [9.17, 15) is 14.0 Å². The van der Waals surface area contributed by atoms with Gasteiger partial charge in [0.2, 0.25) is 11.8 Å². The summed E-state index contributed by atoms with van der Waals surface area (Å²) in [5, 5.41) is 6.04. The van der Waals surface area contributed by atoms with Crippen LogP contribution in [0.5, 0.6) is 0 Å². The summed E-state index contributed by atoms with van der Waals surface area (Å²) in [7, 11) is 0. The van der Waals surface area contributed by atoms with Gasteiger partial charge in [-0.25, -0.2) is 4.39 Å². The number of amides is 2. The molecule has 0 spiro atoms. The molecule has 2 aromatic rings. The molecule has 1 aliphatic rings. The van der Waals surface area contributed by atoms with Crippen molar-refractivity contribution in [1.29, 1.82) is 0 Å². The number of hydrogen-bond donors (Lipinski definition) is 2. The van der Waals surface area contributed by atoms with Crippen LogP contribution >= 0.6 is 0 Å². The Morgan fingerprint density at radius 3 is 2.31 bits per heavy atom. The minimum Gasteiger partial charge on any atom is -0.339 e. The maximum atomic E-state index is 12.9. The first-order chi connectivity index (χ1) is 14.0. The monoisotopic (exact) mass is 398 g/mol. The lowest BCUT2D eigenvalue weighted by Gasteiger charge is -2.34. The van der Waals surface area contributed by atoms with Crippen molar-refractivity contribution in [2.24, 2.45) is 0 Å². The second kappa shape index (κ2) is 10.1. The summed E-state index contributed by atoms with van der Waals surface area (Å²) in [6, 6.07) is 15.8. The normalized spacial score (nSPS) is 15.7. The SMILES string of the molecule is C[C@H](NCC(=O)N1CCN(CC(=O)Nc2ccc(F)cc2)CC1)c1ccccc1. The van der Waals surface area contributed by atoms with Gasteiger partial charge in [0.25, 0.3) is 0 Å². The maximum Gasteiger partial charge on any atom is 0.238 e. The molecule has 0 unspecified atom stereocenters. The molecule has 29 heavy (non-hydrogen) atoms. The Kier molecular flexibility index (Phi) is 7.32. The summed E-state index contributed by atoms with van der Waals surface area (Å²) in [5.41, 5.74) is 1.72. The third-order valence-electron chi connectivity index (χ3n) is 5.08. The minimum absolute atomic E-state index is 0.0724. The summed E-state index contributed by atoms with van der Waals surface area (Å²) in [4.78, 5) is 28.5. The second-order valence-electron chi connectivity index (χ2n) is 7.23. The molecule has 2 N–H and O–H groups in total. The van der Waals surface area contributed by atoms with Crippen molar-refractivity contribution in [3.8, 4) is 0 Å². The van der Waals surface area contributed by atoms with Crippen LogP contribution in [0.3, 0.4) is 0 Å². The number of anilines is 1. The molecule has 0 radical (unpaired) electrons. The minimum atomic E-state index is -0.337. The number of hydrogen-bond acceptors (Lipinski definition) is 4. The molecule has 6 nitrogen and oxygen atoms in total. The zero-order valence-corrected chi connectivity index (χ0v) is 16.6. The number of rotatable bonds is 7. The molecule has 0 aromatic heterocycles. The summed E-state index contributed by atoms with van der Waals surface area (Å²) in [6.45, 7) is 5.09. The van der Waals surface area contributed by atoms with Gasteiger partial charge in [-0.05, 0) is 36.8 Å². The molecule has 7 heteroatoms.